The molecule has 0 spiro atoms. The molecule has 0 atom stereocenters. The lowest BCUT2D eigenvalue weighted by Gasteiger charge is -2.34. The summed E-state index contributed by atoms with van der Waals surface area (Å²) in [6, 6.07) is 58.8. The van der Waals surface area contributed by atoms with Crippen LogP contribution in [0.5, 0.6) is 0 Å². The molecule has 0 aliphatic rings. The lowest BCUT2D eigenvalue weighted by molar-refractivity contribution is 0.103. The van der Waals surface area contributed by atoms with Crippen LogP contribution < -0.4 is 0 Å². The summed E-state index contributed by atoms with van der Waals surface area (Å²) in [5, 5.41) is 19.8. The average Bonchev–Trinajstić information content (AvgIpc) is 3.88. The van der Waals surface area contributed by atoms with E-state index < -0.39 is 5.54 Å². The molecule has 278 valence electrons. The van der Waals surface area contributed by atoms with Gasteiger partial charge in [-0.3, -0.25) is 4.68 Å². The van der Waals surface area contributed by atoms with E-state index in [9.17, 15) is 0 Å². The van der Waals surface area contributed by atoms with E-state index in [4.69, 9.17) is 25.2 Å². The molecule has 0 saturated carbocycles. The summed E-state index contributed by atoms with van der Waals surface area (Å²) in [7, 11) is 0. The SMILES string of the molecule is CCCc1c(Cc2ccc(-c3ccccc3-c3nnn(C(c4ccccc4)(c4ccccc4)c4ccccc4)n3)cc2)c(COCc2ccccc2)nn1CC. The number of ether oxygens (including phenoxy) is 1. The normalized spacial score (nSPS) is 11.5. The minimum absolute atomic E-state index is 0.479. The van der Waals surface area contributed by atoms with Crippen LogP contribution in [0.3, 0.4) is 0 Å². The Morgan fingerprint density at radius 1 is 0.554 bits per heavy atom. The van der Waals surface area contributed by atoms with Gasteiger partial charge < -0.3 is 4.74 Å². The Hall–Kier alpha value is -6.44. The average molecular weight is 735 g/mol. The van der Waals surface area contributed by atoms with E-state index in [1.807, 2.05) is 42.5 Å². The van der Waals surface area contributed by atoms with Gasteiger partial charge in [-0.15, -0.1) is 15.0 Å². The van der Waals surface area contributed by atoms with E-state index in [1.165, 1.54) is 16.8 Å². The van der Waals surface area contributed by atoms with E-state index in [1.54, 1.807) is 4.80 Å². The van der Waals surface area contributed by atoms with Crippen molar-refractivity contribution in [3.05, 3.63) is 215 Å². The second-order valence-corrected chi connectivity index (χ2v) is 14.0. The fourth-order valence-electron chi connectivity index (χ4n) is 7.81. The standard InChI is InChI=1S/C49H46N6O/c1-3-19-47-45(46(51-54(47)4-2)36-56-35-38-20-9-5-10-21-38)34-37-30-32-39(33-31-37)43-28-17-18-29-44(43)48-50-53-55(52-48)49(40-22-11-6-12-23-40,41-24-13-7-14-25-41)42-26-15-8-16-27-42/h5-18,20-33H,3-4,19,34-36H2,1-2H3. The molecule has 0 fully saturated rings. The second-order valence-electron chi connectivity index (χ2n) is 14.0. The van der Waals surface area contributed by atoms with Crippen molar-refractivity contribution in [3.8, 4) is 22.5 Å². The monoisotopic (exact) mass is 734 g/mol. The Morgan fingerprint density at radius 3 is 1.68 bits per heavy atom. The van der Waals surface area contributed by atoms with Crippen molar-refractivity contribution < 1.29 is 4.74 Å². The molecule has 0 aliphatic carbocycles. The Balaban J connectivity index is 1.12. The van der Waals surface area contributed by atoms with Crippen molar-refractivity contribution in [2.75, 3.05) is 0 Å². The summed E-state index contributed by atoms with van der Waals surface area (Å²) in [6.07, 6.45) is 2.83. The summed E-state index contributed by atoms with van der Waals surface area (Å²) in [5.41, 5.74) is 11.3. The predicted octanol–water partition coefficient (Wildman–Crippen LogP) is 10.3. The maximum absolute atomic E-state index is 6.21. The fraction of sp³-hybridized carbons (Fsp3) is 0.184. The zero-order valence-corrected chi connectivity index (χ0v) is 32.0. The lowest BCUT2D eigenvalue weighted by Crippen LogP contribution is -2.39. The van der Waals surface area contributed by atoms with E-state index in [-0.39, 0.29) is 0 Å². The Morgan fingerprint density at radius 2 is 1.11 bits per heavy atom. The van der Waals surface area contributed by atoms with E-state index >= 15 is 0 Å². The zero-order chi connectivity index (χ0) is 38.2. The van der Waals surface area contributed by atoms with Gasteiger partial charge in [0, 0.05) is 29.8 Å². The molecule has 56 heavy (non-hydrogen) atoms. The van der Waals surface area contributed by atoms with Gasteiger partial charge in [0.15, 0.2) is 5.54 Å². The predicted molar refractivity (Wildman–Crippen MR) is 223 cm³/mol. The zero-order valence-electron chi connectivity index (χ0n) is 32.0. The number of nitrogens with zero attached hydrogens (tertiary/aromatic N) is 6. The van der Waals surface area contributed by atoms with E-state index in [0.29, 0.717) is 19.0 Å². The molecule has 0 bridgehead atoms. The molecule has 7 nitrogen and oxygen atoms in total. The van der Waals surface area contributed by atoms with Crippen LogP contribution in [0.1, 0.15) is 65.0 Å². The van der Waals surface area contributed by atoms with Gasteiger partial charge in [0.05, 0.1) is 18.9 Å². The van der Waals surface area contributed by atoms with Crippen LogP contribution in [0.25, 0.3) is 22.5 Å². The first kappa shape index (κ1) is 36.5. The number of aromatic nitrogens is 6. The molecule has 8 aromatic rings. The Labute approximate surface area is 329 Å². The molecule has 0 saturated heterocycles. The number of hydrogen-bond acceptors (Lipinski definition) is 5. The van der Waals surface area contributed by atoms with Crippen LogP contribution in [0.15, 0.2) is 170 Å². The van der Waals surface area contributed by atoms with Crippen molar-refractivity contribution in [2.24, 2.45) is 0 Å². The van der Waals surface area contributed by atoms with Crippen LogP contribution in [-0.4, -0.2) is 30.0 Å². The summed E-state index contributed by atoms with van der Waals surface area (Å²) < 4.78 is 8.37. The number of tetrazole rings is 1. The first-order valence-electron chi connectivity index (χ1n) is 19.5. The quantitative estimate of drug-likeness (QED) is 0.0981. The third-order valence-corrected chi connectivity index (χ3v) is 10.5. The molecule has 0 unspecified atom stereocenters. The number of rotatable bonds is 15. The minimum Gasteiger partial charge on any atom is -0.370 e. The first-order chi connectivity index (χ1) is 27.7. The van der Waals surface area contributed by atoms with Crippen molar-refractivity contribution in [1.82, 2.24) is 30.0 Å². The third kappa shape index (κ3) is 7.33. The van der Waals surface area contributed by atoms with Gasteiger partial charge in [-0.25, -0.2) is 0 Å². The summed E-state index contributed by atoms with van der Waals surface area (Å²) in [4.78, 5) is 1.79. The molecule has 0 aliphatic heterocycles. The van der Waals surface area contributed by atoms with E-state index in [0.717, 1.165) is 70.4 Å². The molecule has 8 rings (SSSR count). The topological polar surface area (TPSA) is 70.7 Å². The molecule has 0 N–H and O–H groups in total. The van der Waals surface area contributed by atoms with Crippen LogP contribution >= 0.6 is 0 Å². The highest BCUT2D eigenvalue weighted by Crippen LogP contribution is 2.40. The van der Waals surface area contributed by atoms with Crippen molar-refractivity contribution in [3.63, 3.8) is 0 Å². The van der Waals surface area contributed by atoms with Gasteiger partial charge >= 0.3 is 0 Å². The van der Waals surface area contributed by atoms with Crippen molar-refractivity contribution >= 4 is 0 Å². The minimum atomic E-state index is -0.848. The van der Waals surface area contributed by atoms with Crippen molar-refractivity contribution in [1.29, 1.82) is 0 Å². The van der Waals surface area contributed by atoms with Gasteiger partial charge in [0.25, 0.3) is 0 Å². The largest absolute Gasteiger partial charge is 0.370 e. The molecule has 0 amide bonds. The number of aryl methyl sites for hydroxylation is 1. The molecule has 0 radical (unpaired) electrons. The Bertz CT molecular complexity index is 2360. The second kappa shape index (κ2) is 16.9. The molecule has 2 aromatic heterocycles. The molecule has 7 heteroatoms. The van der Waals surface area contributed by atoms with Crippen LogP contribution in [0.2, 0.25) is 0 Å². The smallest absolute Gasteiger partial charge is 0.205 e. The summed E-state index contributed by atoms with van der Waals surface area (Å²) in [5.74, 6) is 0.563. The third-order valence-electron chi connectivity index (χ3n) is 10.5. The molecular weight excluding hydrogens is 689 g/mol. The Kier molecular flexibility index (Phi) is 11.0. The number of benzene rings is 6. The van der Waals surface area contributed by atoms with Gasteiger partial charge in [-0.1, -0.05) is 183 Å². The fourth-order valence-corrected chi connectivity index (χ4v) is 7.81. The lowest BCUT2D eigenvalue weighted by atomic mass is 9.77. The first-order valence-corrected chi connectivity index (χ1v) is 19.5. The van der Waals surface area contributed by atoms with E-state index in [2.05, 4.69) is 146 Å². The van der Waals surface area contributed by atoms with Crippen LogP contribution in [0, 0.1) is 0 Å². The summed E-state index contributed by atoms with van der Waals surface area (Å²) >= 11 is 0. The van der Waals surface area contributed by atoms with Crippen LogP contribution in [0.4, 0.5) is 0 Å². The maximum atomic E-state index is 6.21. The highest BCUT2D eigenvalue weighted by Gasteiger charge is 2.41. The highest BCUT2D eigenvalue weighted by atomic mass is 16.5. The van der Waals surface area contributed by atoms with Crippen LogP contribution in [-0.2, 0) is 42.9 Å². The number of hydrogen-bond donors (Lipinski definition) is 0. The maximum Gasteiger partial charge on any atom is 0.205 e. The van der Waals surface area contributed by atoms with Gasteiger partial charge in [-0.05, 0) is 57.5 Å². The van der Waals surface area contributed by atoms with Crippen molar-refractivity contribution in [2.45, 2.75) is 58.4 Å². The van der Waals surface area contributed by atoms with Gasteiger partial charge in [0.1, 0.15) is 0 Å². The van der Waals surface area contributed by atoms with Gasteiger partial charge in [-0.2, -0.15) is 5.10 Å². The summed E-state index contributed by atoms with van der Waals surface area (Å²) in [6.45, 7) is 6.26. The molecular formula is C49H46N6O. The van der Waals surface area contributed by atoms with Gasteiger partial charge in [0.2, 0.25) is 5.82 Å². The molecule has 6 aromatic carbocycles. The molecule has 2 heterocycles. The highest BCUT2D eigenvalue weighted by molar-refractivity contribution is 5.80.